The molecule has 1 aliphatic rings. The first-order chi connectivity index (χ1) is 18.9. The first-order valence-electron chi connectivity index (χ1n) is 12.7. The fourth-order valence-electron chi connectivity index (χ4n) is 4.53. The van der Waals surface area contributed by atoms with E-state index in [1.165, 1.54) is 28.6 Å². The van der Waals surface area contributed by atoms with Crippen LogP contribution < -0.4 is 4.90 Å². The number of Topliss-reactive ketones (excluding diaryl/α,β-unsaturated/α-hetero) is 1. The Kier molecular flexibility index (Phi) is 7.86. The second-order valence-electron chi connectivity index (χ2n) is 9.20. The molecule has 198 valence electrons. The molecule has 0 bridgehead atoms. The van der Waals surface area contributed by atoms with Gasteiger partial charge in [-0.15, -0.1) is 0 Å². The Bertz CT molecular complexity index is 1550. The van der Waals surface area contributed by atoms with Gasteiger partial charge in [0.15, 0.2) is 12.4 Å². The van der Waals surface area contributed by atoms with Crippen LogP contribution >= 0.6 is 0 Å². The molecule has 39 heavy (non-hydrogen) atoms. The lowest BCUT2D eigenvalue weighted by atomic mass is 10.0. The van der Waals surface area contributed by atoms with E-state index in [0.717, 1.165) is 16.8 Å². The number of esters is 1. The Balaban J connectivity index is 1.19. The SMILES string of the molecule is O=C(COC(=O)c1cccc(S(=O)(=O)N2CCN(c3ccccc3)CC2)c1)c1ccc(-c2ccccc2)cc1. The van der Waals surface area contributed by atoms with Crippen molar-refractivity contribution in [3.8, 4) is 11.1 Å². The summed E-state index contributed by atoms with van der Waals surface area (Å²) in [4.78, 5) is 27.5. The van der Waals surface area contributed by atoms with Gasteiger partial charge in [0.25, 0.3) is 0 Å². The minimum absolute atomic E-state index is 0.0212. The number of hydrogen-bond acceptors (Lipinski definition) is 6. The van der Waals surface area contributed by atoms with Crippen molar-refractivity contribution < 1.29 is 22.7 Å². The minimum atomic E-state index is -3.79. The van der Waals surface area contributed by atoms with E-state index in [0.29, 0.717) is 31.7 Å². The van der Waals surface area contributed by atoms with Gasteiger partial charge in [0.1, 0.15) is 0 Å². The molecule has 7 nitrogen and oxygen atoms in total. The van der Waals surface area contributed by atoms with Crippen LogP contribution in [0.25, 0.3) is 11.1 Å². The number of ether oxygens (including phenoxy) is 1. The third-order valence-electron chi connectivity index (χ3n) is 6.72. The molecule has 4 aromatic rings. The van der Waals surface area contributed by atoms with Crippen LogP contribution in [0.5, 0.6) is 0 Å². The first kappa shape index (κ1) is 26.3. The maximum absolute atomic E-state index is 13.3. The predicted molar refractivity (Wildman–Crippen MR) is 150 cm³/mol. The normalized spacial score (nSPS) is 14.1. The van der Waals surface area contributed by atoms with Crippen molar-refractivity contribution >= 4 is 27.5 Å². The van der Waals surface area contributed by atoms with E-state index < -0.39 is 22.6 Å². The van der Waals surface area contributed by atoms with Crippen LogP contribution in [-0.2, 0) is 14.8 Å². The Morgan fingerprint density at radius 3 is 1.95 bits per heavy atom. The molecule has 0 saturated carbocycles. The molecule has 0 unspecified atom stereocenters. The second-order valence-corrected chi connectivity index (χ2v) is 11.1. The highest BCUT2D eigenvalue weighted by Crippen LogP contribution is 2.23. The third-order valence-corrected chi connectivity index (χ3v) is 8.61. The Morgan fingerprint density at radius 2 is 1.28 bits per heavy atom. The van der Waals surface area contributed by atoms with Crippen molar-refractivity contribution in [3.63, 3.8) is 0 Å². The molecular formula is C31H28N2O5S. The van der Waals surface area contributed by atoms with Crippen molar-refractivity contribution in [3.05, 3.63) is 120 Å². The highest BCUT2D eigenvalue weighted by molar-refractivity contribution is 7.89. The van der Waals surface area contributed by atoms with Gasteiger partial charge in [0.05, 0.1) is 10.5 Å². The van der Waals surface area contributed by atoms with Gasteiger partial charge in [0.2, 0.25) is 10.0 Å². The van der Waals surface area contributed by atoms with Crippen LogP contribution in [0.2, 0.25) is 0 Å². The number of para-hydroxylation sites is 1. The monoisotopic (exact) mass is 540 g/mol. The Labute approximate surface area is 228 Å². The highest BCUT2D eigenvalue weighted by atomic mass is 32.2. The van der Waals surface area contributed by atoms with E-state index in [1.54, 1.807) is 12.1 Å². The number of anilines is 1. The molecule has 0 N–H and O–H groups in total. The number of carbonyl (C=O) groups is 2. The lowest BCUT2D eigenvalue weighted by Crippen LogP contribution is -2.48. The first-order valence-corrected chi connectivity index (χ1v) is 14.1. The highest BCUT2D eigenvalue weighted by Gasteiger charge is 2.29. The zero-order valence-corrected chi connectivity index (χ0v) is 22.1. The third kappa shape index (κ3) is 6.08. The summed E-state index contributed by atoms with van der Waals surface area (Å²) >= 11 is 0. The van der Waals surface area contributed by atoms with Gasteiger partial charge >= 0.3 is 5.97 Å². The largest absolute Gasteiger partial charge is 0.454 e. The zero-order valence-electron chi connectivity index (χ0n) is 21.3. The minimum Gasteiger partial charge on any atom is -0.454 e. The number of benzene rings is 4. The van der Waals surface area contributed by atoms with Gasteiger partial charge in [-0.2, -0.15) is 4.31 Å². The van der Waals surface area contributed by atoms with Crippen molar-refractivity contribution in [2.75, 3.05) is 37.7 Å². The van der Waals surface area contributed by atoms with Gasteiger partial charge in [-0.05, 0) is 41.5 Å². The lowest BCUT2D eigenvalue weighted by Gasteiger charge is -2.35. The average Bonchev–Trinajstić information content (AvgIpc) is 3.01. The standard InChI is InChI=1S/C31H28N2O5S/c34-30(26-16-14-25(15-17-26)24-8-3-1-4-9-24)23-38-31(35)27-10-7-13-29(22-27)39(36,37)33-20-18-32(19-21-33)28-11-5-2-6-12-28/h1-17,22H,18-21,23H2. The van der Waals surface area contributed by atoms with Crippen molar-refractivity contribution in [2.45, 2.75) is 4.90 Å². The molecule has 0 atom stereocenters. The summed E-state index contributed by atoms with van der Waals surface area (Å²) in [5, 5.41) is 0. The second kappa shape index (κ2) is 11.6. The number of carbonyl (C=O) groups excluding carboxylic acids is 2. The number of piperazine rings is 1. The van der Waals surface area contributed by atoms with Gasteiger partial charge in [0, 0.05) is 37.4 Å². The van der Waals surface area contributed by atoms with Gasteiger partial charge in [-0.1, -0.05) is 78.9 Å². The summed E-state index contributed by atoms with van der Waals surface area (Å²) < 4.78 is 33.2. The smallest absolute Gasteiger partial charge is 0.338 e. The Hall–Kier alpha value is -4.27. The van der Waals surface area contributed by atoms with Crippen LogP contribution in [0.1, 0.15) is 20.7 Å². The van der Waals surface area contributed by atoms with Crippen molar-refractivity contribution in [1.29, 1.82) is 0 Å². The van der Waals surface area contributed by atoms with E-state index in [-0.39, 0.29) is 16.2 Å². The molecule has 0 amide bonds. The van der Waals surface area contributed by atoms with Crippen LogP contribution in [0.3, 0.4) is 0 Å². The molecule has 1 fully saturated rings. The molecular weight excluding hydrogens is 512 g/mol. The Morgan fingerprint density at radius 1 is 0.667 bits per heavy atom. The molecule has 8 heteroatoms. The van der Waals surface area contributed by atoms with Crippen molar-refractivity contribution in [1.82, 2.24) is 4.31 Å². The fraction of sp³-hybridized carbons (Fsp3) is 0.161. The van der Waals surface area contributed by atoms with E-state index in [4.69, 9.17) is 4.74 Å². The number of nitrogens with zero attached hydrogens (tertiary/aromatic N) is 2. The summed E-state index contributed by atoms with van der Waals surface area (Å²) in [6.45, 7) is 1.37. The number of sulfonamides is 1. The van der Waals surface area contributed by atoms with E-state index in [9.17, 15) is 18.0 Å². The fourth-order valence-corrected chi connectivity index (χ4v) is 6.00. The van der Waals surface area contributed by atoms with Crippen LogP contribution in [0.15, 0.2) is 114 Å². The summed E-state index contributed by atoms with van der Waals surface area (Å²) in [6.07, 6.45) is 0. The topological polar surface area (TPSA) is 84.0 Å². The molecule has 0 radical (unpaired) electrons. The summed E-state index contributed by atoms with van der Waals surface area (Å²) in [6, 6.07) is 32.5. The molecule has 0 spiro atoms. The lowest BCUT2D eigenvalue weighted by molar-refractivity contribution is 0.0474. The van der Waals surface area contributed by atoms with Gasteiger partial charge < -0.3 is 9.64 Å². The number of rotatable bonds is 8. The summed E-state index contributed by atoms with van der Waals surface area (Å²) in [7, 11) is -3.79. The molecule has 4 aromatic carbocycles. The van der Waals surface area contributed by atoms with Crippen LogP contribution in [0.4, 0.5) is 5.69 Å². The van der Waals surface area contributed by atoms with Gasteiger partial charge in [-0.25, -0.2) is 13.2 Å². The summed E-state index contributed by atoms with van der Waals surface area (Å²) in [5.41, 5.74) is 3.57. The molecule has 1 heterocycles. The van der Waals surface area contributed by atoms with E-state index in [2.05, 4.69) is 4.90 Å². The average molecular weight is 541 g/mol. The quantitative estimate of drug-likeness (QED) is 0.233. The zero-order chi connectivity index (χ0) is 27.2. The molecule has 1 aliphatic heterocycles. The number of hydrogen-bond donors (Lipinski definition) is 0. The molecule has 1 saturated heterocycles. The van der Waals surface area contributed by atoms with Crippen LogP contribution in [-0.4, -0.2) is 57.3 Å². The molecule has 0 aromatic heterocycles. The number of ketones is 1. The maximum Gasteiger partial charge on any atom is 0.338 e. The molecule has 5 rings (SSSR count). The maximum atomic E-state index is 13.3. The van der Waals surface area contributed by atoms with Crippen LogP contribution in [0, 0.1) is 0 Å². The summed E-state index contributed by atoms with van der Waals surface area (Å²) in [5.74, 6) is -1.10. The van der Waals surface area contributed by atoms with Gasteiger partial charge in [-0.3, -0.25) is 4.79 Å². The van der Waals surface area contributed by atoms with Crippen molar-refractivity contribution in [2.24, 2.45) is 0 Å². The van der Waals surface area contributed by atoms with E-state index in [1.807, 2.05) is 72.8 Å². The predicted octanol–water partition coefficient (Wildman–Crippen LogP) is 4.90. The van der Waals surface area contributed by atoms with E-state index >= 15 is 0 Å². The molecule has 0 aliphatic carbocycles.